The maximum atomic E-state index is 13.5. The molecule has 0 aromatic heterocycles. The summed E-state index contributed by atoms with van der Waals surface area (Å²) in [6.07, 6.45) is -1.24. The average Bonchev–Trinajstić information content (AvgIpc) is 2.87. The topological polar surface area (TPSA) is 145 Å². The Morgan fingerprint density at radius 3 is 2.15 bits per heavy atom. The lowest BCUT2D eigenvalue weighted by Gasteiger charge is -2.41. The molecule has 0 radical (unpaired) electrons. The first kappa shape index (κ1) is 30.4. The fourth-order valence-electron chi connectivity index (χ4n) is 4.78. The molecule has 0 spiro atoms. The number of benzene rings is 2. The highest BCUT2D eigenvalue weighted by molar-refractivity contribution is 6.05. The van der Waals surface area contributed by atoms with Gasteiger partial charge >= 0.3 is 12.4 Å². The first-order valence-electron chi connectivity index (χ1n) is 12.8. The van der Waals surface area contributed by atoms with Crippen molar-refractivity contribution in [2.75, 3.05) is 5.32 Å². The van der Waals surface area contributed by atoms with Crippen molar-refractivity contribution in [3.8, 4) is 5.75 Å². The summed E-state index contributed by atoms with van der Waals surface area (Å²) in [4.78, 5) is 27.5. The summed E-state index contributed by atoms with van der Waals surface area (Å²) in [5.74, 6) is -0.680. The molecular formula is C27H34F3N7O3. The quantitative estimate of drug-likeness (QED) is 0.138. The fourth-order valence-corrected chi connectivity index (χ4v) is 4.78. The zero-order valence-corrected chi connectivity index (χ0v) is 22.6. The van der Waals surface area contributed by atoms with Crippen LogP contribution in [0.3, 0.4) is 0 Å². The summed E-state index contributed by atoms with van der Waals surface area (Å²) in [6, 6.07) is 11.2. The molecule has 0 atom stereocenters. The maximum absolute atomic E-state index is 13.5. The summed E-state index contributed by atoms with van der Waals surface area (Å²) < 4.78 is 41.4. The Morgan fingerprint density at radius 1 is 1.02 bits per heavy atom. The van der Waals surface area contributed by atoms with Crippen LogP contribution >= 0.6 is 0 Å². The molecule has 3 rings (SSSR count). The zero-order valence-electron chi connectivity index (χ0n) is 22.6. The van der Waals surface area contributed by atoms with Gasteiger partial charge in [-0.1, -0.05) is 38.0 Å². The minimum Gasteiger partial charge on any atom is -0.406 e. The Labute approximate surface area is 230 Å². The molecule has 5 N–H and O–H groups in total. The van der Waals surface area contributed by atoms with Crippen molar-refractivity contribution in [1.29, 1.82) is 5.53 Å². The highest BCUT2D eigenvalue weighted by atomic mass is 19.4. The van der Waals surface area contributed by atoms with E-state index in [1.807, 2.05) is 0 Å². The molecule has 1 fully saturated rings. The van der Waals surface area contributed by atoms with Gasteiger partial charge in [-0.3, -0.25) is 10.1 Å². The molecule has 1 aliphatic rings. The van der Waals surface area contributed by atoms with Gasteiger partial charge in [0.1, 0.15) is 5.75 Å². The van der Waals surface area contributed by atoms with Crippen molar-refractivity contribution < 1.29 is 27.5 Å². The van der Waals surface area contributed by atoms with E-state index in [1.165, 1.54) is 12.1 Å². The predicted molar refractivity (Wildman–Crippen MR) is 144 cm³/mol. The van der Waals surface area contributed by atoms with Crippen LogP contribution in [0.2, 0.25) is 0 Å². The van der Waals surface area contributed by atoms with Crippen molar-refractivity contribution in [3.63, 3.8) is 0 Å². The summed E-state index contributed by atoms with van der Waals surface area (Å²) in [7, 11) is 0. The second-order valence-electron chi connectivity index (χ2n) is 10.7. The smallest absolute Gasteiger partial charge is 0.406 e. The molecule has 2 aromatic rings. The molecule has 40 heavy (non-hydrogen) atoms. The number of anilines is 1. The molecule has 0 saturated heterocycles. The largest absolute Gasteiger partial charge is 0.573 e. The molecule has 2 aromatic carbocycles. The molecule has 3 amide bonds. The molecule has 1 aliphatic carbocycles. The van der Waals surface area contributed by atoms with Gasteiger partial charge in [0.25, 0.3) is 5.91 Å². The SMILES string of the molecule is CC(C)(C)C1CCC(N(Cc2ccc(C(=O)NC(N)=NN=N)cc2)C(=O)Nc2ccc(OC(F)(F)F)cc2)CC1. The minimum atomic E-state index is -4.80. The molecular weight excluding hydrogens is 527 g/mol. The molecule has 216 valence electrons. The van der Waals surface area contributed by atoms with E-state index >= 15 is 0 Å². The van der Waals surface area contributed by atoms with Crippen molar-refractivity contribution in [3.05, 3.63) is 59.7 Å². The molecule has 10 nitrogen and oxygen atoms in total. The zero-order chi connectivity index (χ0) is 29.5. The van der Waals surface area contributed by atoms with Gasteiger partial charge in [-0.25, -0.2) is 4.79 Å². The van der Waals surface area contributed by atoms with Crippen LogP contribution in [0.25, 0.3) is 0 Å². The number of guanidine groups is 1. The summed E-state index contributed by atoms with van der Waals surface area (Å²) in [5, 5.41) is 11.1. The van der Waals surface area contributed by atoms with Crippen LogP contribution in [0.5, 0.6) is 5.75 Å². The Morgan fingerprint density at radius 2 is 1.62 bits per heavy atom. The summed E-state index contributed by atoms with van der Waals surface area (Å²) in [5.41, 5.74) is 13.7. The van der Waals surface area contributed by atoms with Gasteiger partial charge in [-0.15, -0.1) is 13.2 Å². The van der Waals surface area contributed by atoms with Gasteiger partial charge in [0.15, 0.2) is 0 Å². The van der Waals surface area contributed by atoms with E-state index in [-0.39, 0.29) is 35.7 Å². The first-order valence-corrected chi connectivity index (χ1v) is 12.8. The van der Waals surface area contributed by atoms with Gasteiger partial charge in [0.2, 0.25) is 5.96 Å². The number of carbonyl (C=O) groups is 2. The second-order valence-corrected chi connectivity index (χ2v) is 10.7. The minimum absolute atomic E-state index is 0.0426. The van der Waals surface area contributed by atoms with E-state index in [0.29, 0.717) is 17.2 Å². The Bertz CT molecular complexity index is 1200. The third-order valence-electron chi connectivity index (χ3n) is 6.93. The van der Waals surface area contributed by atoms with Gasteiger partial charge in [0, 0.05) is 23.8 Å². The molecule has 0 bridgehead atoms. The van der Waals surface area contributed by atoms with Crippen molar-refractivity contribution >= 4 is 23.6 Å². The van der Waals surface area contributed by atoms with E-state index in [9.17, 15) is 22.8 Å². The van der Waals surface area contributed by atoms with Crippen LogP contribution in [-0.4, -0.2) is 35.2 Å². The Kier molecular flexibility index (Phi) is 9.72. The van der Waals surface area contributed by atoms with Crippen molar-refractivity contribution in [2.24, 2.45) is 27.4 Å². The van der Waals surface area contributed by atoms with Crippen LogP contribution in [0, 0.1) is 16.9 Å². The highest BCUT2D eigenvalue weighted by Gasteiger charge is 2.34. The number of nitrogens with zero attached hydrogens (tertiary/aromatic N) is 3. The lowest BCUT2D eigenvalue weighted by Crippen LogP contribution is -2.45. The first-order chi connectivity index (χ1) is 18.7. The average molecular weight is 562 g/mol. The van der Waals surface area contributed by atoms with E-state index in [0.717, 1.165) is 43.4 Å². The van der Waals surface area contributed by atoms with Crippen LogP contribution in [0.4, 0.5) is 23.7 Å². The van der Waals surface area contributed by atoms with Crippen molar-refractivity contribution in [1.82, 2.24) is 10.2 Å². The summed E-state index contributed by atoms with van der Waals surface area (Å²) in [6.45, 7) is 6.91. The number of carbonyl (C=O) groups excluding carboxylic acids is 2. The third kappa shape index (κ3) is 8.95. The van der Waals surface area contributed by atoms with E-state index in [1.54, 1.807) is 29.2 Å². The van der Waals surface area contributed by atoms with Crippen LogP contribution < -0.4 is 21.1 Å². The van der Waals surface area contributed by atoms with Crippen LogP contribution in [0.1, 0.15) is 62.4 Å². The van der Waals surface area contributed by atoms with Gasteiger partial charge in [0.05, 0.1) is 0 Å². The van der Waals surface area contributed by atoms with Crippen LogP contribution in [0.15, 0.2) is 58.9 Å². The number of rotatable bonds is 7. The number of nitrogens with two attached hydrogens (primary N) is 1. The lowest BCUT2D eigenvalue weighted by atomic mass is 9.71. The molecule has 0 aliphatic heterocycles. The molecule has 0 unspecified atom stereocenters. The van der Waals surface area contributed by atoms with Crippen molar-refractivity contribution in [2.45, 2.75) is 65.4 Å². The number of amides is 3. The number of ether oxygens (including phenoxy) is 1. The number of nitrogens with one attached hydrogen (secondary N) is 3. The number of alkyl halides is 3. The molecule has 1 saturated carbocycles. The fraction of sp³-hybridized carbons (Fsp3) is 0.444. The molecule has 0 heterocycles. The second kappa shape index (κ2) is 12.8. The van der Waals surface area contributed by atoms with Crippen LogP contribution in [-0.2, 0) is 6.54 Å². The summed E-state index contributed by atoms with van der Waals surface area (Å²) >= 11 is 0. The van der Waals surface area contributed by atoms with E-state index in [2.05, 4.69) is 46.5 Å². The Balaban J connectivity index is 1.75. The number of hydrogen-bond acceptors (Lipinski definition) is 5. The van der Waals surface area contributed by atoms with Gasteiger partial charge in [-0.2, -0.15) is 5.53 Å². The predicted octanol–water partition coefficient (Wildman–Crippen LogP) is 6.21. The van der Waals surface area contributed by atoms with Gasteiger partial charge < -0.3 is 20.7 Å². The lowest BCUT2D eigenvalue weighted by molar-refractivity contribution is -0.274. The number of hydrogen-bond donors (Lipinski definition) is 4. The molecule has 13 heteroatoms. The number of urea groups is 1. The van der Waals surface area contributed by atoms with Gasteiger partial charge in [-0.05, 0) is 84.2 Å². The Hall–Kier alpha value is -4.16. The maximum Gasteiger partial charge on any atom is 0.573 e. The monoisotopic (exact) mass is 561 g/mol. The van der Waals surface area contributed by atoms with E-state index < -0.39 is 12.3 Å². The number of halogens is 3. The normalized spacial score (nSPS) is 18.0. The third-order valence-corrected chi connectivity index (χ3v) is 6.93. The standard InChI is InChI=1S/C27H34F3N7O3/c1-26(2,3)19-8-12-21(13-9-19)37(25(39)33-20-10-14-22(15-11-20)40-27(28,29)30)16-17-4-6-18(7-5-17)23(38)34-24(31)35-36-32/h4-7,10-11,14-15,19,21H,8-9,12-13,16H2,1-3H3,(H,33,39)(H4,31,32,34,35,38). The highest BCUT2D eigenvalue weighted by Crippen LogP contribution is 2.39. The van der Waals surface area contributed by atoms with E-state index in [4.69, 9.17) is 11.3 Å².